The average Bonchev–Trinajstić information content (AvgIpc) is 1.55. The zero-order chi connectivity index (χ0) is 69.6. The van der Waals surface area contributed by atoms with Crippen molar-refractivity contribution in [3.8, 4) is 89.0 Å². The third kappa shape index (κ3) is 10.6. The number of fused-ring (bicyclic) bond motifs is 9. The Bertz CT molecular complexity index is 5390. The van der Waals surface area contributed by atoms with Gasteiger partial charge in [-0.05, 0) is 236 Å². The van der Waals surface area contributed by atoms with E-state index < -0.39 is 5.41 Å². The first-order chi connectivity index (χ1) is 50.4. The molecule has 0 amide bonds. The minimum absolute atomic E-state index is 0.151. The van der Waals surface area contributed by atoms with Crippen LogP contribution in [-0.2, 0) is 16.2 Å². The molecule has 0 heterocycles. The van der Waals surface area contributed by atoms with Gasteiger partial charge < -0.3 is 9.80 Å². The lowest BCUT2D eigenvalue weighted by Crippen LogP contribution is -2.28. The fourth-order valence-corrected chi connectivity index (χ4v) is 17.3. The van der Waals surface area contributed by atoms with Crippen LogP contribution in [0.5, 0.6) is 0 Å². The van der Waals surface area contributed by atoms with Crippen molar-refractivity contribution in [3.05, 3.63) is 408 Å². The number of benzene rings is 15. The first-order valence-corrected chi connectivity index (χ1v) is 36.6. The maximum absolute atomic E-state index is 2.51. The van der Waals surface area contributed by atoms with Crippen LogP contribution in [0.25, 0.3) is 89.0 Å². The van der Waals surface area contributed by atoms with Crippen LogP contribution in [0, 0.1) is 0 Å². The van der Waals surface area contributed by atoms with Crippen LogP contribution < -0.4 is 9.80 Å². The molecule has 15 aromatic rings. The Morgan fingerprint density at radius 2 is 0.505 bits per heavy atom. The van der Waals surface area contributed by atoms with Crippen molar-refractivity contribution in [2.24, 2.45) is 0 Å². The first kappa shape index (κ1) is 63.1. The van der Waals surface area contributed by atoms with E-state index in [2.05, 4.69) is 409 Å². The van der Waals surface area contributed by atoms with E-state index in [1.54, 1.807) is 0 Å². The molecule has 0 saturated carbocycles. The highest BCUT2D eigenvalue weighted by molar-refractivity contribution is 5.93. The predicted octanol–water partition coefficient (Wildman–Crippen LogP) is 27.5. The summed E-state index contributed by atoms with van der Waals surface area (Å²) in [6.07, 6.45) is 1.11. The van der Waals surface area contributed by atoms with E-state index in [-0.39, 0.29) is 10.8 Å². The lowest BCUT2D eigenvalue weighted by atomic mass is 9.67. The zero-order valence-corrected chi connectivity index (χ0v) is 59.2. The zero-order valence-electron chi connectivity index (χ0n) is 59.2. The van der Waals surface area contributed by atoms with Gasteiger partial charge in [-0.1, -0.05) is 315 Å². The quantitative estimate of drug-likeness (QED) is 0.101. The standard InChI is InChI=1S/C101H80N2/c1-7-67(2)68-31-33-71(34-32-68)72-35-47-80(48-36-72)101(79-25-15-10-16-26-79)97-63-77(75-41-53-83(54-42-75)102(81-49-37-73(38-50-81)69-21-11-8-12-22-69)85-57-61-89-87-27-17-19-29-93(87)99(3,4)95(89)65-85)45-59-91(97)92-60-46-78(64-98(92)101)76-43-55-84(56-44-76)103(82-51-39-74(40-52-82)70-23-13-9-14-24-70)86-58-62-90-88-28-18-20-30-94(88)100(5,6)96(90)66-86/h8-67H,7H2,1-6H3. The maximum atomic E-state index is 2.51. The van der Waals surface area contributed by atoms with Gasteiger partial charge in [0.15, 0.2) is 0 Å². The van der Waals surface area contributed by atoms with E-state index in [0.717, 1.165) is 51.7 Å². The van der Waals surface area contributed by atoms with Crippen molar-refractivity contribution in [1.29, 1.82) is 0 Å². The van der Waals surface area contributed by atoms with Gasteiger partial charge in [-0.3, -0.25) is 0 Å². The van der Waals surface area contributed by atoms with Crippen molar-refractivity contribution in [2.75, 3.05) is 9.80 Å². The lowest BCUT2D eigenvalue weighted by molar-refractivity contribution is 0.660. The van der Waals surface area contributed by atoms with Crippen molar-refractivity contribution in [3.63, 3.8) is 0 Å². The van der Waals surface area contributed by atoms with Gasteiger partial charge in [0.1, 0.15) is 0 Å². The second-order valence-corrected chi connectivity index (χ2v) is 29.5. The molecule has 15 aromatic carbocycles. The molecule has 0 N–H and O–H groups in total. The van der Waals surface area contributed by atoms with Crippen LogP contribution in [0.1, 0.15) is 104 Å². The lowest BCUT2D eigenvalue weighted by Gasteiger charge is -2.34. The molecule has 2 nitrogen and oxygen atoms in total. The molecular weight excluding hydrogens is 1240 g/mol. The number of hydrogen-bond donors (Lipinski definition) is 0. The van der Waals surface area contributed by atoms with Gasteiger partial charge >= 0.3 is 0 Å². The van der Waals surface area contributed by atoms with Crippen LogP contribution in [0.2, 0.25) is 0 Å². The minimum atomic E-state index is -0.690. The molecule has 1 atom stereocenters. The molecule has 0 fully saturated rings. The average molecular weight is 1320 g/mol. The molecule has 0 aromatic heterocycles. The monoisotopic (exact) mass is 1320 g/mol. The third-order valence-electron chi connectivity index (χ3n) is 23.1. The highest BCUT2D eigenvalue weighted by Gasteiger charge is 2.47. The van der Waals surface area contributed by atoms with E-state index in [9.17, 15) is 0 Å². The van der Waals surface area contributed by atoms with E-state index in [0.29, 0.717) is 5.92 Å². The van der Waals surface area contributed by atoms with Crippen LogP contribution in [0.4, 0.5) is 34.1 Å². The highest BCUT2D eigenvalue weighted by Crippen LogP contribution is 2.59. The van der Waals surface area contributed by atoms with Gasteiger partial charge in [-0.15, -0.1) is 0 Å². The fourth-order valence-electron chi connectivity index (χ4n) is 17.3. The molecule has 0 bridgehead atoms. The van der Waals surface area contributed by atoms with Gasteiger partial charge in [0.05, 0.1) is 5.41 Å². The SMILES string of the molecule is CCC(C)c1ccc(-c2ccc(C3(c4ccccc4)c4cc(-c5ccc(N(c6ccc(-c7ccccc7)cc6)c6ccc7c(c6)C(C)(C)c6ccccc6-7)cc5)ccc4-c4ccc(-c5ccc(N(c6ccc(-c7ccccc7)cc6)c6ccc7c(c6)C(C)(C)c6ccccc6-7)cc5)cc43)cc2)cc1. The fraction of sp³-hybridized carbons (Fsp3) is 0.109. The summed E-state index contributed by atoms with van der Waals surface area (Å²) in [5.74, 6) is 0.510. The number of rotatable bonds is 15. The first-order valence-electron chi connectivity index (χ1n) is 36.6. The molecule has 18 rings (SSSR count). The minimum Gasteiger partial charge on any atom is -0.310 e. The Morgan fingerprint density at radius 1 is 0.233 bits per heavy atom. The Morgan fingerprint density at radius 3 is 0.893 bits per heavy atom. The van der Waals surface area contributed by atoms with E-state index in [1.165, 1.54) is 128 Å². The molecule has 0 aliphatic heterocycles. The predicted molar refractivity (Wildman–Crippen MR) is 434 cm³/mol. The summed E-state index contributed by atoms with van der Waals surface area (Å²) in [6, 6.07) is 135. The number of nitrogens with zero attached hydrogens (tertiary/aromatic N) is 2. The van der Waals surface area contributed by atoms with Crippen molar-refractivity contribution in [2.45, 2.75) is 70.1 Å². The second-order valence-electron chi connectivity index (χ2n) is 29.5. The Balaban J connectivity index is 0.751. The highest BCUT2D eigenvalue weighted by atomic mass is 15.1. The summed E-state index contributed by atoms with van der Waals surface area (Å²) in [7, 11) is 0. The third-order valence-corrected chi connectivity index (χ3v) is 23.1. The van der Waals surface area contributed by atoms with Gasteiger partial charge in [0.25, 0.3) is 0 Å². The Hall–Kier alpha value is -12.1. The van der Waals surface area contributed by atoms with Crippen LogP contribution >= 0.6 is 0 Å². The molecule has 3 aliphatic rings. The molecular formula is C101H80N2. The van der Waals surface area contributed by atoms with E-state index in [1.807, 2.05) is 0 Å². The summed E-state index contributed by atoms with van der Waals surface area (Å²) >= 11 is 0. The number of anilines is 6. The molecule has 494 valence electrons. The summed E-state index contributed by atoms with van der Waals surface area (Å²) in [4.78, 5) is 4.86. The Kier molecular flexibility index (Phi) is 15.4. The van der Waals surface area contributed by atoms with Crippen molar-refractivity contribution in [1.82, 2.24) is 0 Å². The molecule has 0 radical (unpaired) electrons. The van der Waals surface area contributed by atoms with Crippen molar-refractivity contribution < 1.29 is 0 Å². The smallest absolute Gasteiger partial charge is 0.0714 e. The summed E-state index contributed by atoms with van der Waals surface area (Å²) < 4.78 is 0. The van der Waals surface area contributed by atoms with Crippen LogP contribution in [0.15, 0.2) is 358 Å². The van der Waals surface area contributed by atoms with Crippen LogP contribution in [-0.4, -0.2) is 0 Å². The second kappa shape index (κ2) is 25.2. The summed E-state index contributed by atoms with van der Waals surface area (Å²) in [5.41, 5.74) is 37.1. The molecule has 1 unspecified atom stereocenters. The van der Waals surface area contributed by atoms with E-state index >= 15 is 0 Å². The summed E-state index contributed by atoms with van der Waals surface area (Å²) in [6.45, 7) is 14.1. The van der Waals surface area contributed by atoms with E-state index in [4.69, 9.17) is 0 Å². The van der Waals surface area contributed by atoms with Gasteiger partial charge in [-0.2, -0.15) is 0 Å². The Labute approximate surface area is 607 Å². The molecule has 2 heteroatoms. The molecule has 3 aliphatic carbocycles. The van der Waals surface area contributed by atoms with Gasteiger partial charge in [0, 0.05) is 45.0 Å². The normalized spacial score (nSPS) is 14.0. The summed E-state index contributed by atoms with van der Waals surface area (Å²) in [5, 5.41) is 0. The molecule has 0 saturated heterocycles. The molecule has 0 spiro atoms. The van der Waals surface area contributed by atoms with Gasteiger partial charge in [-0.25, -0.2) is 0 Å². The van der Waals surface area contributed by atoms with Crippen molar-refractivity contribution >= 4 is 34.1 Å². The molecule has 103 heavy (non-hydrogen) atoms. The topological polar surface area (TPSA) is 6.48 Å². The number of hydrogen-bond acceptors (Lipinski definition) is 2. The largest absolute Gasteiger partial charge is 0.310 e. The van der Waals surface area contributed by atoms with Crippen LogP contribution in [0.3, 0.4) is 0 Å². The van der Waals surface area contributed by atoms with Gasteiger partial charge in [0.2, 0.25) is 0 Å². The maximum Gasteiger partial charge on any atom is 0.0714 e.